The van der Waals surface area contributed by atoms with Crippen molar-refractivity contribution in [1.82, 2.24) is 10.1 Å². The van der Waals surface area contributed by atoms with Gasteiger partial charge in [0.15, 0.2) is 5.76 Å². The number of benzene rings is 2. The molecule has 0 atom stereocenters. The molecule has 160 valence electrons. The summed E-state index contributed by atoms with van der Waals surface area (Å²) in [7, 11) is 0. The highest BCUT2D eigenvalue weighted by Gasteiger charge is 2.24. The van der Waals surface area contributed by atoms with Crippen molar-refractivity contribution in [1.29, 1.82) is 0 Å². The summed E-state index contributed by atoms with van der Waals surface area (Å²) in [5.74, 6) is 0.918. The predicted molar refractivity (Wildman–Crippen MR) is 120 cm³/mol. The molecule has 0 saturated heterocycles. The largest absolute Gasteiger partial charge is 0.384 e. The highest BCUT2D eigenvalue weighted by molar-refractivity contribution is 6.17. The van der Waals surface area contributed by atoms with E-state index in [1.54, 1.807) is 24.4 Å². The number of aliphatic imine (C=N–C) groups is 1. The summed E-state index contributed by atoms with van der Waals surface area (Å²) in [6.07, 6.45) is 2.00. The van der Waals surface area contributed by atoms with E-state index in [4.69, 9.17) is 20.0 Å². The van der Waals surface area contributed by atoms with Gasteiger partial charge in [-0.2, -0.15) is 0 Å². The Morgan fingerprint density at radius 3 is 2.38 bits per heavy atom. The van der Waals surface area contributed by atoms with Crippen LogP contribution in [0, 0.1) is 12.7 Å². The number of amides is 1. The average Bonchev–Trinajstić information content (AvgIpc) is 3.07. The standard InChI is InChI=1S/C23H17FN4O.CH3NO/c1-13-22-18-8-4-15(16-5-9-21(25)26-11-16)10-19(18)23(27-12-20(22)29-28-13)14-2-6-17(24)7-3-14;2-1-3/h2-11H,12H2,1H3,(H2,25,26);1H,(H2,2,3). The number of halogens is 1. The van der Waals surface area contributed by atoms with Gasteiger partial charge in [-0.05, 0) is 60.5 Å². The molecule has 8 heteroatoms. The van der Waals surface area contributed by atoms with Crippen LogP contribution in [0.2, 0.25) is 0 Å². The molecule has 32 heavy (non-hydrogen) atoms. The first-order chi connectivity index (χ1) is 15.5. The molecule has 5 rings (SSSR count). The summed E-state index contributed by atoms with van der Waals surface area (Å²) in [4.78, 5) is 17.6. The Morgan fingerprint density at radius 2 is 1.69 bits per heavy atom. The minimum absolute atomic E-state index is 0.250. The SMILES string of the molecule is Cc1noc2c1-c1ccc(-c3ccc(N)nc3)cc1C(c1ccc(F)cc1)=NC2.NC=O. The Kier molecular flexibility index (Phi) is 5.76. The van der Waals surface area contributed by atoms with Gasteiger partial charge in [0, 0.05) is 22.9 Å². The average molecular weight is 429 g/mol. The van der Waals surface area contributed by atoms with E-state index in [0.29, 0.717) is 12.4 Å². The van der Waals surface area contributed by atoms with E-state index < -0.39 is 0 Å². The van der Waals surface area contributed by atoms with Gasteiger partial charge in [0.25, 0.3) is 0 Å². The van der Waals surface area contributed by atoms with E-state index in [2.05, 4.69) is 28.0 Å². The van der Waals surface area contributed by atoms with Gasteiger partial charge >= 0.3 is 0 Å². The number of hydrogen-bond donors (Lipinski definition) is 2. The number of hydrogen-bond acceptors (Lipinski definition) is 6. The topological polar surface area (TPSA) is 120 Å². The lowest BCUT2D eigenvalue weighted by atomic mass is 9.90. The molecule has 0 saturated carbocycles. The Balaban J connectivity index is 0.000000775. The molecule has 0 bridgehead atoms. The monoisotopic (exact) mass is 429 g/mol. The summed E-state index contributed by atoms with van der Waals surface area (Å²) >= 11 is 0. The minimum Gasteiger partial charge on any atom is -0.384 e. The maximum absolute atomic E-state index is 13.5. The fourth-order valence-electron chi connectivity index (χ4n) is 3.67. The molecule has 0 spiro atoms. The fourth-order valence-corrected chi connectivity index (χ4v) is 3.67. The molecule has 0 aliphatic carbocycles. The number of nitrogen functional groups attached to an aromatic ring is 1. The van der Waals surface area contributed by atoms with Crippen LogP contribution >= 0.6 is 0 Å². The van der Waals surface area contributed by atoms with Gasteiger partial charge in [0.05, 0.1) is 17.0 Å². The molecule has 4 aromatic rings. The van der Waals surface area contributed by atoms with E-state index in [0.717, 1.165) is 50.5 Å². The molecule has 0 radical (unpaired) electrons. The summed E-state index contributed by atoms with van der Waals surface area (Å²) in [6, 6.07) is 16.3. The summed E-state index contributed by atoms with van der Waals surface area (Å²) < 4.78 is 19.0. The van der Waals surface area contributed by atoms with Crippen molar-refractivity contribution in [2.45, 2.75) is 13.5 Å². The maximum atomic E-state index is 13.5. The quantitative estimate of drug-likeness (QED) is 0.469. The van der Waals surface area contributed by atoms with Gasteiger partial charge in [-0.15, -0.1) is 0 Å². The number of nitrogens with zero attached hydrogens (tertiary/aromatic N) is 3. The van der Waals surface area contributed by atoms with Crippen LogP contribution in [0.4, 0.5) is 10.2 Å². The zero-order valence-corrected chi connectivity index (χ0v) is 17.2. The van der Waals surface area contributed by atoms with Gasteiger partial charge in [-0.3, -0.25) is 9.79 Å². The molecule has 0 fully saturated rings. The molecular weight excluding hydrogens is 409 g/mol. The van der Waals surface area contributed by atoms with Crippen molar-refractivity contribution in [3.63, 3.8) is 0 Å². The predicted octanol–water partition coefficient (Wildman–Crippen LogP) is 3.89. The zero-order valence-electron chi connectivity index (χ0n) is 17.2. The maximum Gasteiger partial charge on any atom is 0.204 e. The van der Waals surface area contributed by atoms with Gasteiger partial charge in [0.1, 0.15) is 18.2 Å². The van der Waals surface area contributed by atoms with Gasteiger partial charge in [-0.1, -0.05) is 17.3 Å². The Labute approximate surface area is 183 Å². The van der Waals surface area contributed by atoms with Crippen LogP contribution < -0.4 is 11.5 Å². The van der Waals surface area contributed by atoms with E-state index >= 15 is 0 Å². The van der Waals surface area contributed by atoms with E-state index in [1.807, 2.05) is 19.1 Å². The molecule has 1 aliphatic rings. The van der Waals surface area contributed by atoms with Crippen molar-refractivity contribution in [3.8, 4) is 22.3 Å². The highest BCUT2D eigenvalue weighted by Crippen LogP contribution is 2.37. The second kappa shape index (κ2) is 8.81. The second-order valence-electron chi connectivity index (χ2n) is 7.11. The van der Waals surface area contributed by atoms with Crippen LogP contribution in [0.1, 0.15) is 22.6 Å². The lowest BCUT2D eigenvalue weighted by Gasteiger charge is -2.13. The molecule has 2 aromatic heterocycles. The highest BCUT2D eigenvalue weighted by atomic mass is 19.1. The number of primary amides is 1. The molecule has 0 unspecified atom stereocenters. The normalized spacial score (nSPS) is 11.9. The molecule has 7 nitrogen and oxygen atoms in total. The van der Waals surface area contributed by atoms with Crippen molar-refractivity contribution < 1.29 is 13.7 Å². The second-order valence-corrected chi connectivity index (χ2v) is 7.11. The number of rotatable bonds is 2. The summed E-state index contributed by atoms with van der Waals surface area (Å²) in [5, 5.41) is 4.12. The van der Waals surface area contributed by atoms with Crippen molar-refractivity contribution in [2.75, 3.05) is 5.73 Å². The third kappa shape index (κ3) is 3.98. The molecular formula is C24H20FN5O2. The summed E-state index contributed by atoms with van der Waals surface area (Å²) in [6.45, 7) is 2.29. The number of anilines is 1. The molecule has 2 aromatic carbocycles. The van der Waals surface area contributed by atoms with Gasteiger partial charge in [-0.25, -0.2) is 9.37 Å². The van der Waals surface area contributed by atoms with E-state index in [-0.39, 0.29) is 12.2 Å². The van der Waals surface area contributed by atoms with Gasteiger partial charge < -0.3 is 16.0 Å². The molecule has 4 N–H and O–H groups in total. The van der Waals surface area contributed by atoms with E-state index in [9.17, 15) is 4.39 Å². The lowest BCUT2D eigenvalue weighted by Crippen LogP contribution is -2.05. The van der Waals surface area contributed by atoms with Crippen molar-refractivity contribution >= 4 is 17.9 Å². The van der Waals surface area contributed by atoms with Gasteiger partial charge in [0.2, 0.25) is 6.41 Å². The fraction of sp³-hybridized carbons (Fsp3) is 0.0833. The number of pyridine rings is 1. The molecule has 3 heterocycles. The van der Waals surface area contributed by atoms with Crippen molar-refractivity contribution in [3.05, 3.63) is 89.2 Å². The number of carbonyl (C=O) groups is 1. The first kappa shape index (κ1) is 20.9. The van der Waals surface area contributed by atoms with Crippen LogP contribution in [0.3, 0.4) is 0 Å². The zero-order chi connectivity index (χ0) is 22.7. The van der Waals surface area contributed by atoms with Crippen LogP contribution in [0.15, 0.2) is 70.3 Å². The Morgan fingerprint density at radius 1 is 1.00 bits per heavy atom. The number of fused-ring (bicyclic) bond motifs is 3. The minimum atomic E-state index is -0.281. The number of carbonyl (C=O) groups excluding carboxylic acids is 1. The van der Waals surface area contributed by atoms with Crippen LogP contribution in [-0.4, -0.2) is 22.3 Å². The molecule has 1 amide bonds. The van der Waals surface area contributed by atoms with Crippen LogP contribution in [-0.2, 0) is 11.3 Å². The number of aromatic nitrogens is 2. The molecule has 1 aliphatic heterocycles. The Bertz CT molecular complexity index is 1300. The smallest absolute Gasteiger partial charge is 0.204 e. The van der Waals surface area contributed by atoms with Crippen molar-refractivity contribution in [2.24, 2.45) is 10.7 Å². The number of nitrogens with two attached hydrogens (primary N) is 2. The first-order valence-corrected chi connectivity index (χ1v) is 9.79. The first-order valence-electron chi connectivity index (χ1n) is 9.79. The third-order valence-corrected chi connectivity index (χ3v) is 5.10. The Hall–Kier alpha value is -4.33. The van der Waals surface area contributed by atoms with Crippen LogP contribution in [0.25, 0.3) is 22.3 Å². The van der Waals surface area contributed by atoms with E-state index in [1.165, 1.54) is 12.1 Å². The van der Waals surface area contributed by atoms with Crippen LogP contribution in [0.5, 0.6) is 0 Å². The number of aryl methyl sites for hydroxylation is 1. The third-order valence-electron chi connectivity index (χ3n) is 5.10. The lowest BCUT2D eigenvalue weighted by molar-refractivity contribution is -0.106. The summed E-state index contributed by atoms with van der Waals surface area (Å²) in [5.41, 5.74) is 17.2.